The van der Waals surface area contributed by atoms with E-state index in [0.29, 0.717) is 37.6 Å². The number of fused-ring (bicyclic) bond motifs is 1. The van der Waals surface area contributed by atoms with Crippen molar-refractivity contribution in [2.75, 3.05) is 24.5 Å². The van der Waals surface area contributed by atoms with E-state index < -0.39 is 10.2 Å². The number of aryl methyl sites for hydroxylation is 1. The smallest absolute Gasteiger partial charge is 0.277 e. The molecule has 138 valence electrons. The van der Waals surface area contributed by atoms with Crippen LogP contribution in [-0.2, 0) is 10.2 Å². The van der Waals surface area contributed by atoms with Gasteiger partial charge in [-0.25, -0.2) is 14.6 Å². The van der Waals surface area contributed by atoms with Crippen molar-refractivity contribution in [2.45, 2.75) is 39.2 Å². The van der Waals surface area contributed by atoms with E-state index in [1.54, 1.807) is 4.52 Å². The maximum Gasteiger partial charge on any atom is 0.277 e. The molecular weight excluding hydrogens is 364 g/mol. The van der Waals surface area contributed by atoms with E-state index in [9.17, 15) is 8.42 Å². The molecule has 25 heavy (non-hydrogen) atoms. The van der Waals surface area contributed by atoms with Crippen LogP contribution in [0.1, 0.15) is 31.7 Å². The molecule has 3 rings (SSSR count). The highest BCUT2D eigenvalue weighted by atomic mass is 35.5. The molecule has 0 aliphatic carbocycles. The van der Waals surface area contributed by atoms with E-state index in [2.05, 4.69) is 15.0 Å². The minimum atomic E-state index is -3.68. The lowest BCUT2D eigenvalue weighted by atomic mass is 10.0. The summed E-state index contributed by atoms with van der Waals surface area (Å²) in [7, 11) is -3.68. The van der Waals surface area contributed by atoms with Crippen LogP contribution in [0.3, 0.4) is 0 Å². The molecule has 1 fully saturated rings. The predicted octanol–water partition coefficient (Wildman–Crippen LogP) is 1.58. The Hall–Kier alpha value is -1.42. The summed E-state index contributed by atoms with van der Waals surface area (Å²) in [4.78, 5) is 6.60. The fourth-order valence-corrected chi connectivity index (χ4v) is 4.85. The van der Waals surface area contributed by atoms with Crippen molar-refractivity contribution in [1.82, 2.24) is 18.9 Å². The van der Waals surface area contributed by atoms with Crippen LogP contribution in [0.5, 0.6) is 0 Å². The molecule has 0 radical (unpaired) electrons. The number of anilines is 1. The molecule has 10 heteroatoms. The summed E-state index contributed by atoms with van der Waals surface area (Å²) < 4.78 is 26.8. The van der Waals surface area contributed by atoms with Gasteiger partial charge in [-0.1, -0.05) is 18.5 Å². The summed E-state index contributed by atoms with van der Waals surface area (Å²) in [6.45, 7) is 5.79. The number of hydrogen-bond donors (Lipinski definition) is 1. The highest BCUT2D eigenvalue weighted by Crippen LogP contribution is 2.29. The van der Waals surface area contributed by atoms with E-state index in [4.69, 9.17) is 16.7 Å². The molecule has 8 nitrogen and oxygen atoms in total. The molecular formula is C15H23ClN6O2S. The number of aromatic nitrogens is 3. The van der Waals surface area contributed by atoms with Crippen LogP contribution >= 0.6 is 11.6 Å². The monoisotopic (exact) mass is 386 g/mol. The molecule has 0 atom stereocenters. The van der Waals surface area contributed by atoms with Gasteiger partial charge in [0.2, 0.25) is 0 Å². The van der Waals surface area contributed by atoms with Crippen LogP contribution in [-0.4, -0.2) is 53.0 Å². The van der Waals surface area contributed by atoms with Crippen molar-refractivity contribution in [3.8, 4) is 0 Å². The third-order valence-corrected chi connectivity index (χ3v) is 6.03. The summed E-state index contributed by atoms with van der Waals surface area (Å²) in [5, 5.41) is 10.1. The molecule has 2 aromatic rings. The third kappa shape index (κ3) is 3.59. The molecule has 1 saturated heterocycles. The second kappa shape index (κ2) is 7.06. The van der Waals surface area contributed by atoms with E-state index >= 15 is 0 Å². The van der Waals surface area contributed by atoms with Crippen LogP contribution in [0.4, 0.5) is 5.82 Å². The Balaban J connectivity index is 1.81. The second-order valence-electron chi connectivity index (χ2n) is 6.37. The topological polar surface area (TPSA) is 96.8 Å². The molecule has 0 bridgehead atoms. The minimum absolute atomic E-state index is 0.0690. The zero-order valence-electron chi connectivity index (χ0n) is 14.4. The molecule has 1 aliphatic heterocycles. The Morgan fingerprint density at radius 3 is 2.68 bits per heavy atom. The maximum atomic E-state index is 11.8. The number of piperidine rings is 1. The van der Waals surface area contributed by atoms with Crippen LogP contribution in [0.15, 0.2) is 12.4 Å². The van der Waals surface area contributed by atoms with Gasteiger partial charge in [-0.15, -0.1) is 0 Å². The largest absolute Gasteiger partial charge is 0.355 e. The average Bonchev–Trinajstić information content (AvgIpc) is 2.86. The standard InChI is InChI=1S/C15H23ClN6O2S/c1-3-6-21(25(17,23)24)12-4-7-20(8-5-12)15-14-11(2)9-13(16)22(14)19-10-18-15/h9-10,12H,3-8H2,1-2H3,(H2,17,23,24). The van der Waals surface area contributed by atoms with Crippen LogP contribution in [0.25, 0.3) is 5.52 Å². The van der Waals surface area contributed by atoms with Gasteiger partial charge in [0.25, 0.3) is 10.2 Å². The van der Waals surface area contributed by atoms with Gasteiger partial charge in [-0.2, -0.15) is 17.8 Å². The Labute approximate surface area is 152 Å². The number of hydrogen-bond acceptors (Lipinski definition) is 5. The zero-order valence-corrected chi connectivity index (χ0v) is 16.0. The van der Waals surface area contributed by atoms with Crippen molar-refractivity contribution in [1.29, 1.82) is 0 Å². The highest BCUT2D eigenvalue weighted by molar-refractivity contribution is 7.86. The van der Waals surface area contributed by atoms with Crippen molar-refractivity contribution >= 4 is 33.1 Å². The lowest BCUT2D eigenvalue weighted by Crippen LogP contribution is -2.50. The van der Waals surface area contributed by atoms with E-state index in [0.717, 1.165) is 23.3 Å². The molecule has 2 aromatic heterocycles. The summed E-state index contributed by atoms with van der Waals surface area (Å²) in [5.74, 6) is 0.829. The average molecular weight is 387 g/mol. The molecule has 1 aliphatic rings. The first kappa shape index (κ1) is 18.4. The Morgan fingerprint density at radius 2 is 2.08 bits per heavy atom. The van der Waals surface area contributed by atoms with Gasteiger partial charge < -0.3 is 4.90 Å². The van der Waals surface area contributed by atoms with Gasteiger partial charge in [-0.05, 0) is 37.8 Å². The summed E-state index contributed by atoms with van der Waals surface area (Å²) in [6, 6.07) is 1.80. The molecule has 0 spiro atoms. The van der Waals surface area contributed by atoms with E-state index in [1.165, 1.54) is 10.6 Å². The highest BCUT2D eigenvalue weighted by Gasteiger charge is 2.31. The zero-order chi connectivity index (χ0) is 18.2. The van der Waals surface area contributed by atoms with Crippen molar-refractivity contribution < 1.29 is 8.42 Å². The fraction of sp³-hybridized carbons (Fsp3) is 0.600. The van der Waals surface area contributed by atoms with Gasteiger partial charge in [0.15, 0.2) is 5.82 Å². The number of halogens is 1. The number of rotatable bonds is 5. The van der Waals surface area contributed by atoms with Gasteiger partial charge in [-0.3, -0.25) is 0 Å². The first-order valence-electron chi connectivity index (χ1n) is 8.36. The molecule has 2 N–H and O–H groups in total. The minimum Gasteiger partial charge on any atom is -0.355 e. The molecule has 0 saturated carbocycles. The van der Waals surface area contributed by atoms with Crippen molar-refractivity contribution in [3.05, 3.63) is 23.1 Å². The van der Waals surface area contributed by atoms with Gasteiger partial charge in [0.1, 0.15) is 17.0 Å². The molecule has 0 amide bonds. The van der Waals surface area contributed by atoms with E-state index in [1.807, 2.05) is 19.9 Å². The maximum absolute atomic E-state index is 11.8. The molecule has 0 aromatic carbocycles. The summed E-state index contributed by atoms with van der Waals surface area (Å²) in [6.07, 6.45) is 3.65. The Bertz CT molecular complexity index is 860. The Morgan fingerprint density at radius 1 is 1.40 bits per heavy atom. The first-order chi connectivity index (χ1) is 11.8. The molecule has 0 unspecified atom stereocenters. The molecule has 3 heterocycles. The third-order valence-electron chi connectivity index (χ3n) is 4.62. The second-order valence-corrected chi connectivity index (χ2v) is 8.25. The lowest BCUT2D eigenvalue weighted by molar-refractivity contribution is 0.274. The van der Waals surface area contributed by atoms with Crippen LogP contribution in [0, 0.1) is 6.92 Å². The van der Waals surface area contributed by atoms with E-state index in [-0.39, 0.29) is 6.04 Å². The van der Waals surface area contributed by atoms with Crippen molar-refractivity contribution in [2.24, 2.45) is 5.14 Å². The van der Waals surface area contributed by atoms with Crippen LogP contribution in [0.2, 0.25) is 5.15 Å². The SMILES string of the molecule is CCCN(C1CCN(c2ncnn3c(Cl)cc(C)c23)CC1)S(N)(=O)=O. The van der Waals surface area contributed by atoms with Crippen molar-refractivity contribution in [3.63, 3.8) is 0 Å². The fourth-order valence-electron chi connectivity index (χ4n) is 3.49. The normalized spacial score (nSPS) is 16.9. The lowest BCUT2D eigenvalue weighted by Gasteiger charge is -2.37. The quantitative estimate of drug-likeness (QED) is 0.841. The van der Waals surface area contributed by atoms with Gasteiger partial charge >= 0.3 is 0 Å². The number of nitrogens with two attached hydrogens (primary N) is 1. The first-order valence-corrected chi connectivity index (χ1v) is 10.2. The Kier molecular flexibility index (Phi) is 5.19. The van der Waals surface area contributed by atoms with Crippen LogP contribution < -0.4 is 10.0 Å². The van der Waals surface area contributed by atoms with Gasteiger partial charge in [0, 0.05) is 25.7 Å². The van der Waals surface area contributed by atoms with Gasteiger partial charge in [0.05, 0.1) is 0 Å². The predicted molar refractivity (Wildman–Crippen MR) is 98.1 cm³/mol. The summed E-state index contributed by atoms with van der Waals surface area (Å²) in [5.41, 5.74) is 1.91. The summed E-state index contributed by atoms with van der Waals surface area (Å²) >= 11 is 6.21. The number of nitrogens with zero attached hydrogens (tertiary/aromatic N) is 5.